The number of anilines is 1. The van der Waals surface area contributed by atoms with Crippen LogP contribution in [0.1, 0.15) is 42.8 Å². The van der Waals surface area contributed by atoms with E-state index in [1.807, 2.05) is 13.0 Å². The summed E-state index contributed by atoms with van der Waals surface area (Å²) in [6.07, 6.45) is 3.73. The number of imidazole rings is 1. The summed E-state index contributed by atoms with van der Waals surface area (Å²) in [6, 6.07) is 8.90. The predicted octanol–water partition coefficient (Wildman–Crippen LogP) is 2.05. The smallest absolute Gasteiger partial charge is 0.256 e. The molecule has 2 saturated heterocycles. The normalized spacial score (nSPS) is 30.8. The molecule has 3 fully saturated rings. The summed E-state index contributed by atoms with van der Waals surface area (Å²) in [7, 11) is 0. The Balaban J connectivity index is 1.34. The molecular weight excluding hydrogens is 386 g/mol. The Bertz CT molecular complexity index is 1140. The lowest BCUT2D eigenvalue weighted by Crippen LogP contribution is -2.48. The summed E-state index contributed by atoms with van der Waals surface area (Å²) in [5.74, 6) is 0.0433. The molecule has 2 N–H and O–H groups in total. The van der Waals surface area contributed by atoms with Crippen molar-refractivity contribution >= 4 is 22.9 Å². The highest BCUT2D eigenvalue weighted by atomic mass is 16.7. The van der Waals surface area contributed by atoms with Crippen molar-refractivity contribution in [3.63, 3.8) is 0 Å². The van der Waals surface area contributed by atoms with E-state index in [0.717, 1.165) is 12.8 Å². The number of rotatable bonds is 4. The van der Waals surface area contributed by atoms with Crippen molar-refractivity contribution in [2.24, 2.45) is 0 Å². The van der Waals surface area contributed by atoms with E-state index in [1.54, 1.807) is 35.2 Å². The number of aliphatic hydroxyl groups is 1. The van der Waals surface area contributed by atoms with E-state index < -0.39 is 24.0 Å². The topological polar surface area (TPSA) is 111 Å². The van der Waals surface area contributed by atoms with Gasteiger partial charge in [-0.3, -0.25) is 9.36 Å². The second kappa shape index (κ2) is 6.07. The lowest BCUT2D eigenvalue weighted by molar-refractivity contribution is -0.224. The second-order valence-corrected chi connectivity index (χ2v) is 8.14. The van der Waals surface area contributed by atoms with Crippen LogP contribution >= 0.6 is 0 Å². The van der Waals surface area contributed by atoms with Gasteiger partial charge in [-0.1, -0.05) is 25.1 Å². The fraction of sp³-hybridized carbons (Fsp3) is 0.429. The number of fused-ring (bicyclic) bond motifs is 4. The molecule has 2 aromatic heterocycles. The molecule has 9 heteroatoms. The van der Waals surface area contributed by atoms with Gasteiger partial charge in [-0.25, -0.2) is 15.0 Å². The third kappa shape index (κ3) is 2.22. The highest BCUT2D eigenvalue weighted by Crippen LogP contribution is 2.65. The molecule has 1 spiro atoms. The Labute approximate surface area is 172 Å². The summed E-state index contributed by atoms with van der Waals surface area (Å²) in [5.41, 5.74) is 0.433. The first-order valence-corrected chi connectivity index (χ1v) is 10.2. The number of benzene rings is 1. The molecule has 2 aliphatic heterocycles. The fourth-order valence-electron chi connectivity index (χ4n) is 5.02. The maximum atomic E-state index is 12.5. The molecular formula is C21H21N5O4. The minimum atomic E-state index is -0.702. The van der Waals surface area contributed by atoms with Gasteiger partial charge in [-0.15, -0.1) is 0 Å². The minimum absolute atomic E-state index is 0.277. The first kappa shape index (κ1) is 17.9. The molecule has 1 amide bonds. The van der Waals surface area contributed by atoms with Crippen LogP contribution in [-0.4, -0.2) is 53.9 Å². The lowest BCUT2D eigenvalue weighted by atomic mass is 9.88. The average Bonchev–Trinajstić information content (AvgIpc) is 3.23. The summed E-state index contributed by atoms with van der Waals surface area (Å²) in [4.78, 5) is 25.5. The quantitative estimate of drug-likeness (QED) is 0.681. The number of nitrogens with zero attached hydrogens (tertiary/aromatic N) is 4. The van der Waals surface area contributed by atoms with Crippen LogP contribution in [0.5, 0.6) is 0 Å². The van der Waals surface area contributed by atoms with Crippen LogP contribution in [0, 0.1) is 0 Å². The van der Waals surface area contributed by atoms with Gasteiger partial charge in [-0.2, -0.15) is 0 Å². The number of carbonyl (C=O) groups is 1. The minimum Gasteiger partial charge on any atom is -0.387 e. The largest absolute Gasteiger partial charge is 0.387 e. The Morgan fingerprint density at radius 3 is 2.77 bits per heavy atom. The average molecular weight is 407 g/mol. The van der Waals surface area contributed by atoms with Crippen LogP contribution in [0.15, 0.2) is 43.0 Å². The van der Waals surface area contributed by atoms with E-state index in [-0.39, 0.29) is 11.5 Å². The summed E-state index contributed by atoms with van der Waals surface area (Å²) in [5, 5.41) is 13.7. The number of amides is 1. The number of hydrogen-bond acceptors (Lipinski definition) is 7. The van der Waals surface area contributed by atoms with Gasteiger partial charge in [0.1, 0.15) is 29.7 Å². The van der Waals surface area contributed by atoms with Crippen LogP contribution in [0.3, 0.4) is 0 Å². The zero-order valence-electron chi connectivity index (χ0n) is 16.4. The molecule has 1 aliphatic carbocycles. The number of carbonyl (C=O) groups excluding carboxylic acids is 1. The Kier molecular flexibility index (Phi) is 3.63. The summed E-state index contributed by atoms with van der Waals surface area (Å²) in [6.45, 7) is 2.02. The molecule has 1 aromatic carbocycles. The van der Waals surface area contributed by atoms with E-state index in [1.165, 1.54) is 6.33 Å². The number of ether oxygens (including phenoxy) is 2. The predicted molar refractivity (Wildman–Crippen MR) is 106 cm³/mol. The monoisotopic (exact) mass is 407 g/mol. The van der Waals surface area contributed by atoms with Crippen molar-refractivity contribution in [2.75, 3.05) is 5.32 Å². The highest BCUT2D eigenvalue weighted by molar-refractivity contribution is 6.06. The van der Waals surface area contributed by atoms with E-state index >= 15 is 0 Å². The molecule has 6 rings (SSSR count). The van der Waals surface area contributed by atoms with Crippen LogP contribution in [-0.2, 0) is 9.47 Å². The van der Waals surface area contributed by atoms with Gasteiger partial charge in [0.2, 0.25) is 0 Å². The summed E-state index contributed by atoms with van der Waals surface area (Å²) >= 11 is 0. The Morgan fingerprint density at radius 1 is 1.23 bits per heavy atom. The van der Waals surface area contributed by atoms with Gasteiger partial charge in [0.05, 0.1) is 6.33 Å². The maximum absolute atomic E-state index is 12.5. The van der Waals surface area contributed by atoms with Crippen molar-refractivity contribution in [1.82, 2.24) is 19.5 Å². The van der Waals surface area contributed by atoms with E-state index in [4.69, 9.17) is 9.47 Å². The Hall–Kier alpha value is -2.88. The standard InChI is InChI=1S/C21H21N5O4/c1-2-21-15(27)14(29-20(21)8-9-20)19(30-21)26-11-24-13-16(22-10-23-17(13)26)25-18(28)12-6-4-3-5-7-12/h3-7,10-11,14-15,19,27H,2,8-9H2,1H3,(H,22,23,25,28)/t14-,15?,19+,21+/m0/s1. The van der Waals surface area contributed by atoms with Crippen LogP contribution in [0.4, 0.5) is 5.82 Å². The van der Waals surface area contributed by atoms with Gasteiger partial charge in [-0.05, 0) is 31.4 Å². The first-order valence-electron chi connectivity index (χ1n) is 10.2. The van der Waals surface area contributed by atoms with Gasteiger partial charge in [0.25, 0.3) is 5.91 Å². The number of aromatic nitrogens is 4. The zero-order valence-corrected chi connectivity index (χ0v) is 16.4. The summed E-state index contributed by atoms with van der Waals surface area (Å²) < 4.78 is 14.5. The molecule has 3 aliphatic rings. The van der Waals surface area contributed by atoms with Crippen molar-refractivity contribution in [3.05, 3.63) is 48.5 Å². The molecule has 0 radical (unpaired) electrons. The molecule has 3 aromatic rings. The van der Waals surface area contributed by atoms with Crippen LogP contribution in [0.25, 0.3) is 11.2 Å². The van der Waals surface area contributed by atoms with Crippen LogP contribution in [0.2, 0.25) is 0 Å². The molecule has 154 valence electrons. The lowest BCUT2D eigenvalue weighted by Gasteiger charge is -2.37. The molecule has 30 heavy (non-hydrogen) atoms. The number of nitrogens with one attached hydrogen (secondary N) is 1. The Morgan fingerprint density at radius 2 is 2.03 bits per heavy atom. The van der Waals surface area contributed by atoms with Crippen LogP contribution < -0.4 is 5.32 Å². The maximum Gasteiger partial charge on any atom is 0.256 e. The van der Waals surface area contributed by atoms with Gasteiger partial charge in [0, 0.05) is 5.56 Å². The molecule has 4 heterocycles. The van der Waals surface area contributed by atoms with Gasteiger partial charge < -0.3 is 19.9 Å². The SMILES string of the molecule is CC[C@]12O[C@@H](n3cnc4c(NC(=O)c5ccccc5)ncnc43)[C@@H](OC13CC3)C2O. The van der Waals surface area contributed by atoms with E-state index in [0.29, 0.717) is 29.0 Å². The van der Waals surface area contributed by atoms with E-state index in [2.05, 4.69) is 20.3 Å². The van der Waals surface area contributed by atoms with Gasteiger partial charge in [0.15, 0.2) is 23.2 Å². The van der Waals surface area contributed by atoms with Gasteiger partial charge >= 0.3 is 0 Å². The van der Waals surface area contributed by atoms with Crippen molar-refractivity contribution in [1.29, 1.82) is 0 Å². The molecule has 2 bridgehead atoms. The first-order chi connectivity index (χ1) is 14.6. The molecule has 1 saturated carbocycles. The highest BCUT2D eigenvalue weighted by Gasteiger charge is 2.77. The second-order valence-electron chi connectivity index (χ2n) is 8.14. The van der Waals surface area contributed by atoms with Crippen molar-refractivity contribution in [2.45, 2.75) is 55.8 Å². The fourth-order valence-corrected chi connectivity index (χ4v) is 5.02. The van der Waals surface area contributed by atoms with E-state index in [9.17, 15) is 9.90 Å². The zero-order chi connectivity index (χ0) is 20.5. The van der Waals surface area contributed by atoms with Crippen molar-refractivity contribution < 1.29 is 19.4 Å². The molecule has 4 atom stereocenters. The number of hydrogen-bond donors (Lipinski definition) is 2. The third-order valence-electron chi connectivity index (χ3n) is 6.66. The van der Waals surface area contributed by atoms with Crippen molar-refractivity contribution in [3.8, 4) is 0 Å². The number of aliphatic hydroxyl groups excluding tert-OH is 1. The molecule has 9 nitrogen and oxygen atoms in total. The third-order valence-corrected chi connectivity index (χ3v) is 6.66. The molecule has 1 unspecified atom stereocenters.